The number of para-hydroxylation sites is 1. The zero-order valence-corrected chi connectivity index (χ0v) is 14.4. The third kappa shape index (κ3) is 3.18. The molecule has 0 atom stereocenters. The van der Waals surface area contributed by atoms with Gasteiger partial charge in [0.15, 0.2) is 5.78 Å². The molecule has 0 bridgehead atoms. The fourth-order valence-corrected chi connectivity index (χ4v) is 2.88. The van der Waals surface area contributed by atoms with Crippen LogP contribution in [0.2, 0.25) is 5.02 Å². The van der Waals surface area contributed by atoms with Crippen LogP contribution in [-0.4, -0.2) is 10.4 Å². The number of ketones is 1. The SMILES string of the molecule is CC(C)(C)C(=O)c1cn(Cc2ccc(Cl)cc2)c2ccccc12. The Kier molecular flexibility index (Phi) is 4.03. The van der Waals surface area contributed by atoms with Gasteiger partial charge in [0.25, 0.3) is 0 Å². The Balaban J connectivity index is 2.08. The van der Waals surface area contributed by atoms with E-state index in [-0.39, 0.29) is 5.78 Å². The summed E-state index contributed by atoms with van der Waals surface area (Å²) < 4.78 is 2.14. The summed E-state index contributed by atoms with van der Waals surface area (Å²) in [5, 5.41) is 1.75. The Bertz CT molecular complexity index is 853. The molecule has 3 heteroatoms. The number of aromatic nitrogens is 1. The van der Waals surface area contributed by atoms with Crippen LogP contribution in [0, 0.1) is 5.41 Å². The van der Waals surface area contributed by atoms with Crippen LogP contribution in [0.5, 0.6) is 0 Å². The van der Waals surface area contributed by atoms with Gasteiger partial charge in [-0.05, 0) is 23.8 Å². The van der Waals surface area contributed by atoms with Crippen molar-refractivity contribution in [3.63, 3.8) is 0 Å². The van der Waals surface area contributed by atoms with Gasteiger partial charge in [0.05, 0.1) is 0 Å². The van der Waals surface area contributed by atoms with Crippen molar-refractivity contribution in [3.05, 3.63) is 70.9 Å². The van der Waals surface area contributed by atoms with Crippen LogP contribution in [0.4, 0.5) is 0 Å². The molecule has 0 saturated heterocycles. The molecular weight excluding hydrogens is 306 g/mol. The third-order valence-electron chi connectivity index (χ3n) is 3.98. The highest BCUT2D eigenvalue weighted by atomic mass is 35.5. The first-order valence-corrected chi connectivity index (χ1v) is 8.11. The van der Waals surface area contributed by atoms with Crippen LogP contribution >= 0.6 is 11.6 Å². The van der Waals surface area contributed by atoms with E-state index < -0.39 is 5.41 Å². The van der Waals surface area contributed by atoms with Crippen LogP contribution < -0.4 is 0 Å². The second-order valence-corrected chi connectivity index (χ2v) is 7.33. The zero-order chi connectivity index (χ0) is 16.6. The lowest BCUT2D eigenvalue weighted by Gasteiger charge is -2.15. The van der Waals surface area contributed by atoms with Crippen molar-refractivity contribution < 1.29 is 4.79 Å². The normalized spacial score (nSPS) is 11.8. The lowest BCUT2D eigenvalue weighted by molar-refractivity contribution is 0.0860. The first-order valence-electron chi connectivity index (χ1n) is 7.73. The summed E-state index contributed by atoms with van der Waals surface area (Å²) in [6.07, 6.45) is 1.98. The highest BCUT2D eigenvalue weighted by molar-refractivity contribution is 6.30. The summed E-state index contributed by atoms with van der Waals surface area (Å²) in [6.45, 7) is 6.59. The molecular formula is C20H20ClNO. The molecule has 0 aliphatic heterocycles. The first-order chi connectivity index (χ1) is 10.9. The highest BCUT2D eigenvalue weighted by Crippen LogP contribution is 2.29. The number of fused-ring (bicyclic) bond motifs is 1. The maximum atomic E-state index is 12.8. The van der Waals surface area contributed by atoms with E-state index in [1.165, 1.54) is 0 Å². The van der Waals surface area contributed by atoms with Crippen molar-refractivity contribution >= 4 is 28.3 Å². The van der Waals surface area contributed by atoms with Gasteiger partial charge in [0, 0.05) is 39.6 Å². The molecule has 0 N–H and O–H groups in total. The predicted molar refractivity (Wildman–Crippen MR) is 96.3 cm³/mol. The average Bonchev–Trinajstić information content (AvgIpc) is 2.87. The van der Waals surface area contributed by atoms with Gasteiger partial charge in [-0.15, -0.1) is 0 Å². The Morgan fingerprint density at radius 3 is 2.35 bits per heavy atom. The number of halogens is 1. The fraction of sp³-hybridized carbons (Fsp3) is 0.250. The van der Waals surface area contributed by atoms with Gasteiger partial charge >= 0.3 is 0 Å². The smallest absolute Gasteiger partial charge is 0.170 e. The second kappa shape index (κ2) is 5.86. The molecule has 0 fully saturated rings. The zero-order valence-electron chi connectivity index (χ0n) is 13.6. The Hall–Kier alpha value is -2.06. The molecule has 3 aromatic rings. The summed E-state index contributed by atoms with van der Waals surface area (Å²) >= 11 is 5.95. The molecule has 1 aromatic heterocycles. The molecule has 0 spiro atoms. The Morgan fingerprint density at radius 1 is 1.04 bits per heavy atom. The fourth-order valence-electron chi connectivity index (χ4n) is 2.75. The summed E-state index contributed by atoms with van der Waals surface area (Å²) in [4.78, 5) is 12.8. The van der Waals surface area contributed by atoms with E-state index in [9.17, 15) is 4.79 Å². The van der Waals surface area contributed by atoms with Gasteiger partial charge < -0.3 is 4.57 Å². The van der Waals surface area contributed by atoms with Crippen molar-refractivity contribution in [2.45, 2.75) is 27.3 Å². The minimum absolute atomic E-state index is 0.170. The minimum atomic E-state index is -0.394. The number of carbonyl (C=O) groups excluding carboxylic acids is 1. The van der Waals surface area contributed by atoms with E-state index in [0.717, 1.165) is 33.6 Å². The number of hydrogen-bond donors (Lipinski definition) is 0. The van der Waals surface area contributed by atoms with Gasteiger partial charge in [-0.2, -0.15) is 0 Å². The maximum absolute atomic E-state index is 12.8. The van der Waals surface area contributed by atoms with Gasteiger partial charge in [-0.25, -0.2) is 0 Å². The molecule has 118 valence electrons. The number of carbonyl (C=O) groups is 1. The quantitative estimate of drug-likeness (QED) is 0.577. The van der Waals surface area contributed by atoms with Gasteiger partial charge in [0.2, 0.25) is 0 Å². The van der Waals surface area contributed by atoms with E-state index in [1.54, 1.807) is 0 Å². The summed E-state index contributed by atoms with van der Waals surface area (Å²) in [6, 6.07) is 15.9. The lowest BCUT2D eigenvalue weighted by atomic mass is 9.86. The van der Waals surface area contributed by atoms with Crippen LogP contribution in [0.1, 0.15) is 36.7 Å². The molecule has 23 heavy (non-hydrogen) atoms. The average molecular weight is 326 g/mol. The van der Waals surface area contributed by atoms with Gasteiger partial charge in [-0.1, -0.05) is 62.7 Å². The molecule has 3 rings (SSSR count). The first kappa shape index (κ1) is 15.8. The van der Waals surface area contributed by atoms with E-state index in [4.69, 9.17) is 11.6 Å². The third-order valence-corrected chi connectivity index (χ3v) is 4.23. The summed E-state index contributed by atoms with van der Waals surface area (Å²) in [7, 11) is 0. The van der Waals surface area contributed by atoms with Crippen LogP contribution in [-0.2, 0) is 6.54 Å². The Morgan fingerprint density at radius 2 is 1.70 bits per heavy atom. The molecule has 1 heterocycles. The van der Waals surface area contributed by atoms with E-state index in [1.807, 2.05) is 69.4 Å². The number of Topliss-reactive ketones (excluding diaryl/α,β-unsaturated/α-hetero) is 1. The van der Waals surface area contributed by atoms with Crippen LogP contribution in [0.3, 0.4) is 0 Å². The van der Waals surface area contributed by atoms with Gasteiger partial charge in [-0.3, -0.25) is 4.79 Å². The van der Waals surface area contributed by atoms with E-state index in [2.05, 4.69) is 10.6 Å². The molecule has 0 radical (unpaired) electrons. The van der Waals surface area contributed by atoms with Crippen molar-refractivity contribution in [1.29, 1.82) is 0 Å². The molecule has 0 unspecified atom stereocenters. The van der Waals surface area contributed by atoms with Crippen molar-refractivity contribution in [2.75, 3.05) is 0 Å². The molecule has 0 aliphatic rings. The maximum Gasteiger partial charge on any atom is 0.170 e. The van der Waals surface area contributed by atoms with E-state index in [0.29, 0.717) is 0 Å². The highest BCUT2D eigenvalue weighted by Gasteiger charge is 2.26. The molecule has 2 aromatic carbocycles. The lowest BCUT2D eigenvalue weighted by Crippen LogP contribution is -2.19. The molecule has 0 aliphatic carbocycles. The van der Waals surface area contributed by atoms with Crippen molar-refractivity contribution in [3.8, 4) is 0 Å². The van der Waals surface area contributed by atoms with Crippen molar-refractivity contribution in [1.82, 2.24) is 4.57 Å². The number of nitrogens with zero attached hydrogens (tertiary/aromatic N) is 1. The largest absolute Gasteiger partial charge is 0.342 e. The Labute approximate surface area is 141 Å². The molecule has 0 saturated carbocycles. The summed E-state index contributed by atoms with van der Waals surface area (Å²) in [5.74, 6) is 0.170. The minimum Gasteiger partial charge on any atom is -0.342 e. The number of benzene rings is 2. The second-order valence-electron chi connectivity index (χ2n) is 6.89. The number of rotatable bonds is 3. The monoisotopic (exact) mass is 325 g/mol. The molecule has 0 amide bonds. The number of hydrogen-bond acceptors (Lipinski definition) is 1. The summed E-state index contributed by atoms with van der Waals surface area (Å²) in [5.41, 5.74) is 2.64. The van der Waals surface area contributed by atoms with Gasteiger partial charge in [0.1, 0.15) is 0 Å². The molecule has 2 nitrogen and oxygen atoms in total. The van der Waals surface area contributed by atoms with Crippen LogP contribution in [0.25, 0.3) is 10.9 Å². The topological polar surface area (TPSA) is 22.0 Å². The van der Waals surface area contributed by atoms with E-state index >= 15 is 0 Å². The standard InChI is InChI=1S/C20H20ClNO/c1-20(2,3)19(23)17-13-22(18-7-5-4-6-16(17)18)12-14-8-10-15(21)11-9-14/h4-11,13H,12H2,1-3H3. The van der Waals surface area contributed by atoms with Crippen molar-refractivity contribution in [2.24, 2.45) is 5.41 Å². The van der Waals surface area contributed by atoms with Crippen LogP contribution in [0.15, 0.2) is 54.7 Å². The predicted octanol–water partition coefficient (Wildman–Crippen LogP) is 5.57.